The summed E-state index contributed by atoms with van der Waals surface area (Å²) < 4.78 is 0. The fourth-order valence-corrected chi connectivity index (χ4v) is 3.66. The molecule has 2 rings (SSSR count). The van der Waals surface area contributed by atoms with Gasteiger partial charge >= 0.3 is 0 Å². The van der Waals surface area contributed by atoms with E-state index in [1.165, 1.54) is 0 Å². The van der Waals surface area contributed by atoms with E-state index in [0.717, 1.165) is 55.7 Å². The zero-order chi connectivity index (χ0) is 19.6. The quantitative estimate of drug-likeness (QED) is 0.272. The molecule has 1 aromatic rings. The number of hydrogen-bond donors (Lipinski definition) is 3. The molecule has 2 heterocycles. The van der Waals surface area contributed by atoms with E-state index < -0.39 is 0 Å². The summed E-state index contributed by atoms with van der Waals surface area (Å²) in [5, 5.41) is 12.8. The van der Waals surface area contributed by atoms with Crippen molar-refractivity contribution >= 4 is 52.3 Å². The predicted octanol–water partition coefficient (Wildman–Crippen LogP) is 1.48. The van der Waals surface area contributed by atoms with Gasteiger partial charge in [-0.1, -0.05) is 6.92 Å². The van der Waals surface area contributed by atoms with Crippen LogP contribution in [0.15, 0.2) is 10.4 Å². The highest BCUT2D eigenvalue weighted by Gasteiger charge is 2.21. The Morgan fingerprint density at radius 2 is 2.07 bits per heavy atom. The number of piperidine rings is 1. The maximum atomic E-state index is 11.8. The van der Waals surface area contributed by atoms with Gasteiger partial charge in [-0.2, -0.15) is 0 Å². The van der Waals surface area contributed by atoms with E-state index in [4.69, 9.17) is 0 Å². The van der Waals surface area contributed by atoms with Crippen LogP contribution in [0, 0.1) is 0 Å². The number of amides is 1. The summed E-state index contributed by atoms with van der Waals surface area (Å²) in [6.45, 7) is 5.82. The molecule has 1 saturated heterocycles. The third-order valence-corrected chi connectivity index (χ3v) is 5.51. The van der Waals surface area contributed by atoms with Crippen LogP contribution in [0.1, 0.15) is 31.9 Å². The fourth-order valence-electron chi connectivity index (χ4n) is 2.90. The molecule has 0 radical (unpaired) electrons. The zero-order valence-corrected chi connectivity index (χ0v) is 20.5. The molecule has 3 N–H and O–H groups in total. The van der Waals surface area contributed by atoms with Crippen molar-refractivity contribution in [2.75, 3.05) is 52.2 Å². The van der Waals surface area contributed by atoms with Crippen LogP contribution in [0.2, 0.25) is 0 Å². The highest BCUT2D eigenvalue weighted by molar-refractivity contribution is 14.0. The van der Waals surface area contributed by atoms with E-state index in [1.807, 2.05) is 19.0 Å². The third-order valence-electron chi connectivity index (χ3n) is 4.45. The van der Waals surface area contributed by atoms with Crippen LogP contribution in [0.3, 0.4) is 0 Å². The topological polar surface area (TPSA) is 84.9 Å². The number of hydrogen-bond acceptors (Lipinski definition) is 6. The summed E-state index contributed by atoms with van der Waals surface area (Å²) in [6.07, 6.45) is 2.98. The number of aromatic nitrogens is 1. The van der Waals surface area contributed by atoms with Crippen molar-refractivity contribution in [2.45, 2.75) is 38.8 Å². The molecule has 1 aromatic heterocycles. The summed E-state index contributed by atoms with van der Waals surface area (Å²) in [5.74, 6) is 0.926. The number of thiazole rings is 1. The van der Waals surface area contributed by atoms with Gasteiger partial charge < -0.3 is 20.9 Å². The Kier molecular flexibility index (Phi) is 11.7. The number of likely N-dealkylation sites (tertiary alicyclic amines) is 1. The average molecular weight is 523 g/mol. The first-order valence-electron chi connectivity index (χ1n) is 9.59. The van der Waals surface area contributed by atoms with Crippen molar-refractivity contribution in [3.63, 3.8) is 0 Å². The van der Waals surface area contributed by atoms with Crippen LogP contribution in [-0.4, -0.2) is 75.1 Å². The molecule has 0 aliphatic carbocycles. The van der Waals surface area contributed by atoms with Crippen LogP contribution in [-0.2, 0) is 11.3 Å². The molecule has 28 heavy (non-hydrogen) atoms. The van der Waals surface area contributed by atoms with Crippen LogP contribution in [0.4, 0.5) is 5.13 Å². The lowest BCUT2D eigenvalue weighted by atomic mass is 10.1. The normalized spacial score (nSPS) is 15.6. The lowest BCUT2D eigenvalue weighted by Gasteiger charge is -2.32. The highest BCUT2D eigenvalue weighted by Crippen LogP contribution is 2.17. The molecule has 160 valence electrons. The Labute approximate surface area is 189 Å². The minimum Gasteiger partial charge on any atom is -0.355 e. The first kappa shape index (κ1) is 24.9. The van der Waals surface area contributed by atoms with E-state index in [2.05, 4.69) is 43.1 Å². The molecule has 8 nitrogen and oxygen atoms in total. The first-order valence-corrected chi connectivity index (χ1v) is 10.5. The molecule has 1 aliphatic heterocycles. The maximum absolute atomic E-state index is 11.8. The van der Waals surface area contributed by atoms with Crippen molar-refractivity contribution in [1.29, 1.82) is 0 Å². The van der Waals surface area contributed by atoms with E-state index in [9.17, 15) is 4.79 Å². The molecule has 0 atom stereocenters. The number of carbonyl (C=O) groups excluding carboxylic acids is 1. The molecular weight excluding hydrogens is 489 g/mol. The second kappa shape index (κ2) is 13.2. The summed E-state index contributed by atoms with van der Waals surface area (Å²) in [4.78, 5) is 25.0. The van der Waals surface area contributed by atoms with E-state index >= 15 is 0 Å². The largest absolute Gasteiger partial charge is 0.355 e. The van der Waals surface area contributed by atoms with E-state index in [1.54, 1.807) is 18.4 Å². The number of nitrogens with zero attached hydrogens (tertiary/aromatic N) is 4. The number of anilines is 1. The van der Waals surface area contributed by atoms with Gasteiger partial charge in [0.1, 0.15) is 0 Å². The van der Waals surface area contributed by atoms with E-state index in [0.29, 0.717) is 19.1 Å². The lowest BCUT2D eigenvalue weighted by molar-refractivity contribution is -0.122. The molecule has 1 fully saturated rings. The molecule has 1 amide bonds. The van der Waals surface area contributed by atoms with Crippen LogP contribution < -0.4 is 20.9 Å². The molecule has 0 bridgehead atoms. The number of nitrogens with one attached hydrogen (secondary N) is 3. The molecule has 0 spiro atoms. The number of aliphatic imine (C=N–C) groups is 1. The predicted molar refractivity (Wildman–Crippen MR) is 128 cm³/mol. The lowest BCUT2D eigenvalue weighted by Crippen LogP contribution is -2.50. The van der Waals surface area contributed by atoms with Crippen molar-refractivity contribution in [2.24, 2.45) is 4.99 Å². The second-order valence-corrected chi connectivity index (χ2v) is 7.82. The number of carbonyl (C=O) groups is 1. The number of rotatable bonds is 8. The van der Waals surface area contributed by atoms with Gasteiger partial charge in [-0.3, -0.25) is 14.7 Å². The minimum absolute atomic E-state index is 0. The smallest absolute Gasteiger partial charge is 0.234 e. The molecule has 0 saturated carbocycles. The molecule has 10 heteroatoms. The van der Waals surface area contributed by atoms with Crippen molar-refractivity contribution < 1.29 is 4.79 Å². The van der Waals surface area contributed by atoms with Crippen molar-refractivity contribution in [3.8, 4) is 0 Å². The van der Waals surface area contributed by atoms with Gasteiger partial charge in [0.2, 0.25) is 5.91 Å². The number of halogens is 1. The van der Waals surface area contributed by atoms with Gasteiger partial charge in [0.15, 0.2) is 11.1 Å². The monoisotopic (exact) mass is 523 g/mol. The van der Waals surface area contributed by atoms with Gasteiger partial charge in [-0.25, -0.2) is 4.98 Å². The average Bonchev–Trinajstić information content (AvgIpc) is 3.14. The summed E-state index contributed by atoms with van der Waals surface area (Å²) in [7, 11) is 5.78. The van der Waals surface area contributed by atoms with Gasteiger partial charge in [-0.05, 0) is 19.3 Å². The third kappa shape index (κ3) is 8.48. The Bertz CT molecular complexity index is 615. The second-order valence-electron chi connectivity index (χ2n) is 6.99. The Morgan fingerprint density at radius 1 is 1.36 bits per heavy atom. The molecule has 0 aromatic carbocycles. The molecule has 1 aliphatic rings. The molecule has 0 unspecified atom stereocenters. The van der Waals surface area contributed by atoms with E-state index in [-0.39, 0.29) is 29.9 Å². The first-order chi connectivity index (χ1) is 13.0. The fraction of sp³-hybridized carbons (Fsp3) is 0.722. The Morgan fingerprint density at radius 3 is 2.64 bits per heavy atom. The van der Waals surface area contributed by atoms with Gasteiger partial charge in [0.05, 0.1) is 18.8 Å². The van der Waals surface area contributed by atoms with Crippen LogP contribution >= 0.6 is 35.3 Å². The van der Waals surface area contributed by atoms with Gasteiger partial charge in [0, 0.05) is 52.2 Å². The SMILES string of the molecule is CCCNC(=O)CN1CCC(NC(=NC)NCc2csc(N(C)C)n2)CC1.I. The Balaban J connectivity index is 0.00000392. The summed E-state index contributed by atoms with van der Waals surface area (Å²) >= 11 is 1.64. The highest BCUT2D eigenvalue weighted by atomic mass is 127. The van der Waals surface area contributed by atoms with Gasteiger partial charge in [-0.15, -0.1) is 35.3 Å². The standard InChI is InChI=1S/C18H33N7OS.HI/c1-5-8-20-16(26)12-25-9-6-14(7-10-25)22-17(19-2)21-11-15-13-27-18(23-15)24(3)4;/h13-14H,5-12H2,1-4H3,(H,20,26)(H2,19,21,22);1H. The van der Waals surface area contributed by atoms with Crippen molar-refractivity contribution in [3.05, 3.63) is 11.1 Å². The maximum Gasteiger partial charge on any atom is 0.234 e. The number of guanidine groups is 1. The minimum atomic E-state index is 0. The zero-order valence-electron chi connectivity index (χ0n) is 17.3. The van der Waals surface area contributed by atoms with Gasteiger partial charge in [0.25, 0.3) is 0 Å². The summed E-state index contributed by atoms with van der Waals surface area (Å²) in [6, 6.07) is 0.374. The summed E-state index contributed by atoms with van der Waals surface area (Å²) in [5.41, 5.74) is 1.01. The molecular formula is C18H34IN7OS. The van der Waals surface area contributed by atoms with Crippen LogP contribution in [0.5, 0.6) is 0 Å². The van der Waals surface area contributed by atoms with Crippen molar-refractivity contribution in [1.82, 2.24) is 25.8 Å². The van der Waals surface area contributed by atoms with Crippen LogP contribution in [0.25, 0.3) is 0 Å². The Hall–Kier alpha value is -1.14.